The third-order valence-electron chi connectivity index (χ3n) is 3.55. The van der Waals surface area contributed by atoms with Crippen molar-refractivity contribution in [1.29, 1.82) is 0 Å². The van der Waals surface area contributed by atoms with Crippen LogP contribution in [0, 0.1) is 6.92 Å². The maximum absolute atomic E-state index is 11.6. The van der Waals surface area contributed by atoms with Gasteiger partial charge >= 0.3 is 5.97 Å². The van der Waals surface area contributed by atoms with Gasteiger partial charge in [-0.2, -0.15) is 0 Å². The van der Waals surface area contributed by atoms with Gasteiger partial charge in [-0.05, 0) is 42.7 Å². The summed E-state index contributed by atoms with van der Waals surface area (Å²) in [6.45, 7) is 4.57. The van der Waals surface area contributed by atoms with Crippen molar-refractivity contribution in [3.05, 3.63) is 59.2 Å². The largest absolute Gasteiger partial charge is 0.493 e. The summed E-state index contributed by atoms with van der Waals surface area (Å²) in [4.78, 5) is 11.6. The monoisotopic (exact) mass is 326 g/mol. The van der Waals surface area contributed by atoms with Crippen molar-refractivity contribution in [2.75, 3.05) is 13.7 Å². The molecule has 0 amide bonds. The van der Waals surface area contributed by atoms with E-state index in [-0.39, 0.29) is 5.57 Å². The predicted molar refractivity (Wildman–Crippen MR) is 95.5 cm³/mol. The van der Waals surface area contributed by atoms with Crippen molar-refractivity contribution >= 4 is 17.6 Å². The summed E-state index contributed by atoms with van der Waals surface area (Å²) < 4.78 is 11.0. The fourth-order valence-corrected chi connectivity index (χ4v) is 2.28. The summed E-state index contributed by atoms with van der Waals surface area (Å²) >= 11 is 0. The Hall–Kier alpha value is -2.75. The molecule has 0 heterocycles. The molecule has 0 aliphatic carbocycles. The number of rotatable bonds is 7. The van der Waals surface area contributed by atoms with Crippen LogP contribution in [0.1, 0.15) is 30.0 Å². The highest BCUT2D eigenvalue weighted by Crippen LogP contribution is 2.30. The van der Waals surface area contributed by atoms with E-state index in [1.807, 2.05) is 44.2 Å². The summed E-state index contributed by atoms with van der Waals surface area (Å²) in [5, 5.41) is 9.54. The van der Waals surface area contributed by atoms with Crippen molar-refractivity contribution in [1.82, 2.24) is 0 Å². The van der Waals surface area contributed by atoms with Gasteiger partial charge in [0.25, 0.3) is 0 Å². The molecule has 24 heavy (non-hydrogen) atoms. The lowest BCUT2D eigenvalue weighted by Gasteiger charge is -2.11. The molecule has 0 aliphatic heterocycles. The second kappa shape index (κ2) is 8.20. The Bertz CT molecular complexity index is 730. The van der Waals surface area contributed by atoms with Crippen LogP contribution >= 0.6 is 0 Å². The molecule has 0 spiro atoms. The molecule has 0 aliphatic rings. The summed E-state index contributed by atoms with van der Waals surface area (Å²) in [6.07, 6.45) is 2.53. The minimum Gasteiger partial charge on any atom is -0.493 e. The first-order chi connectivity index (χ1) is 11.5. The van der Waals surface area contributed by atoms with Gasteiger partial charge < -0.3 is 14.6 Å². The number of carboxylic acid groups (broad SMARTS) is 1. The van der Waals surface area contributed by atoms with E-state index in [4.69, 9.17) is 9.47 Å². The Morgan fingerprint density at radius 2 is 1.83 bits per heavy atom. The molecule has 0 aromatic heterocycles. The molecule has 1 N–H and O–H groups in total. The summed E-state index contributed by atoms with van der Waals surface area (Å²) in [7, 11) is 1.58. The highest BCUT2D eigenvalue weighted by atomic mass is 16.5. The van der Waals surface area contributed by atoms with Gasteiger partial charge in [0.1, 0.15) is 0 Å². The summed E-state index contributed by atoms with van der Waals surface area (Å²) in [5.74, 6) is 0.278. The fourth-order valence-electron chi connectivity index (χ4n) is 2.28. The maximum atomic E-state index is 11.6. The van der Waals surface area contributed by atoms with Crippen LogP contribution in [0.25, 0.3) is 11.6 Å². The highest BCUT2D eigenvalue weighted by Gasteiger charge is 2.12. The van der Waals surface area contributed by atoms with Crippen molar-refractivity contribution in [3.63, 3.8) is 0 Å². The Kier molecular flexibility index (Phi) is 6.01. The number of aryl methyl sites for hydroxylation is 1. The maximum Gasteiger partial charge on any atom is 0.336 e. The molecule has 126 valence electrons. The van der Waals surface area contributed by atoms with E-state index in [0.29, 0.717) is 23.7 Å². The molecular weight excluding hydrogens is 304 g/mol. The van der Waals surface area contributed by atoms with E-state index in [1.165, 1.54) is 0 Å². The van der Waals surface area contributed by atoms with Gasteiger partial charge in [0.05, 0.1) is 19.3 Å². The molecule has 0 atom stereocenters. The van der Waals surface area contributed by atoms with Crippen LogP contribution in [0.2, 0.25) is 0 Å². The minimum absolute atomic E-state index is 0.238. The quantitative estimate of drug-likeness (QED) is 0.604. The summed E-state index contributed by atoms with van der Waals surface area (Å²) in [5.41, 5.74) is 2.74. The molecule has 0 fully saturated rings. The van der Waals surface area contributed by atoms with Crippen molar-refractivity contribution in [3.8, 4) is 11.5 Å². The summed E-state index contributed by atoms with van der Waals surface area (Å²) in [6, 6.07) is 12.8. The molecular formula is C20H22O4. The number of carboxylic acids is 1. The van der Waals surface area contributed by atoms with Gasteiger partial charge in [-0.15, -0.1) is 0 Å². The normalized spacial score (nSPS) is 11.2. The van der Waals surface area contributed by atoms with E-state index in [1.54, 1.807) is 25.3 Å². The average molecular weight is 326 g/mol. The minimum atomic E-state index is -0.967. The first-order valence-electron chi connectivity index (χ1n) is 7.88. The van der Waals surface area contributed by atoms with Crippen LogP contribution in [-0.4, -0.2) is 24.8 Å². The van der Waals surface area contributed by atoms with Crippen LogP contribution < -0.4 is 9.47 Å². The Labute approximate surface area is 142 Å². The van der Waals surface area contributed by atoms with Crippen LogP contribution in [0.15, 0.2) is 42.5 Å². The van der Waals surface area contributed by atoms with Crippen molar-refractivity contribution in [2.24, 2.45) is 0 Å². The van der Waals surface area contributed by atoms with Gasteiger partial charge in [-0.25, -0.2) is 4.79 Å². The van der Waals surface area contributed by atoms with Crippen LogP contribution in [0.3, 0.4) is 0 Å². The lowest BCUT2D eigenvalue weighted by Crippen LogP contribution is -2.00. The van der Waals surface area contributed by atoms with E-state index in [2.05, 4.69) is 0 Å². The van der Waals surface area contributed by atoms with E-state index in [9.17, 15) is 9.90 Å². The molecule has 0 saturated carbocycles. The second-order valence-corrected chi connectivity index (χ2v) is 5.49. The zero-order chi connectivity index (χ0) is 17.5. The zero-order valence-electron chi connectivity index (χ0n) is 14.2. The van der Waals surface area contributed by atoms with E-state index in [0.717, 1.165) is 17.5 Å². The van der Waals surface area contributed by atoms with Crippen LogP contribution in [0.4, 0.5) is 0 Å². The molecule has 0 radical (unpaired) electrons. The highest BCUT2D eigenvalue weighted by molar-refractivity contribution is 6.20. The second-order valence-electron chi connectivity index (χ2n) is 5.49. The van der Waals surface area contributed by atoms with Crippen LogP contribution in [-0.2, 0) is 4.79 Å². The van der Waals surface area contributed by atoms with Gasteiger partial charge in [0.15, 0.2) is 11.5 Å². The number of benzene rings is 2. The third kappa shape index (κ3) is 4.38. The first-order valence-corrected chi connectivity index (χ1v) is 7.88. The Morgan fingerprint density at radius 1 is 1.12 bits per heavy atom. The SMILES string of the molecule is CCCOc1cc(/C=C(\C(=O)O)c2ccc(C)cc2)ccc1OC. The molecule has 0 saturated heterocycles. The van der Waals surface area contributed by atoms with Crippen LogP contribution in [0.5, 0.6) is 11.5 Å². The van der Waals surface area contributed by atoms with E-state index >= 15 is 0 Å². The number of methoxy groups -OCH3 is 1. The predicted octanol–water partition coefficient (Wildman–Crippen LogP) is 4.42. The van der Waals surface area contributed by atoms with Crippen molar-refractivity contribution in [2.45, 2.75) is 20.3 Å². The molecule has 4 heteroatoms. The standard InChI is InChI=1S/C20H22O4/c1-4-11-24-19-13-15(7-10-18(19)23-3)12-17(20(21)22)16-8-5-14(2)6-9-16/h5-10,12-13H,4,11H2,1-3H3,(H,21,22)/b17-12-. The lowest BCUT2D eigenvalue weighted by atomic mass is 10.0. The third-order valence-corrected chi connectivity index (χ3v) is 3.55. The number of hydrogen-bond acceptors (Lipinski definition) is 3. The van der Waals surface area contributed by atoms with Gasteiger partial charge in [-0.3, -0.25) is 0 Å². The van der Waals surface area contributed by atoms with Gasteiger partial charge in [-0.1, -0.05) is 42.8 Å². The van der Waals surface area contributed by atoms with Gasteiger partial charge in [0.2, 0.25) is 0 Å². The molecule has 2 aromatic rings. The fraction of sp³-hybridized carbons (Fsp3) is 0.250. The molecule has 4 nitrogen and oxygen atoms in total. The first kappa shape index (κ1) is 17.6. The zero-order valence-corrected chi connectivity index (χ0v) is 14.2. The number of ether oxygens (including phenoxy) is 2. The Balaban J connectivity index is 2.41. The molecule has 0 bridgehead atoms. The molecule has 0 unspecified atom stereocenters. The van der Waals surface area contributed by atoms with E-state index < -0.39 is 5.97 Å². The smallest absolute Gasteiger partial charge is 0.336 e. The van der Waals surface area contributed by atoms with Crippen molar-refractivity contribution < 1.29 is 19.4 Å². The molecule has 2 aromatic carbocycles. The number of hydrogen-bond donors (Lipinski definition) is 1. The Morgan fingerprint density at radius 3 is 2.42 bits per heavy atom. The van der Waals surface area contributed by atoms with Gasteiger partial charge in [0, 0.05) is 0 Å². The average Bonchev–Trinajstić information content (AvgIpc) is 2.58. The molecule has 2 rings (SSSR count). The topological polar surface area (TPSA) is 55.8 Å². The number of aliphatic carboxylic acids is 1. The lowest BCUT2D eigenvalue weighted by molar-refractivity contribution is -0.130. The number of carbonyl (C=O) groups is 1.